The molecule has 0 saturated carbocycles. The highest BCUT2D eigenvalue weighted by atomic mass is 79.9. The summed E-state index contributed by atoms with van der Waals surface area (Å²) in [6.45, 7) is 0.0963. The Hall–Kier alpha value is -2.92. The standard InChI is InChI=1S/C22H14BrFO3/c23-18-7-3-1-5-14(18)11-21-22(25)17-10-9-16(12-20(17)27-21)26-13-15-6-2-4-8-19(15)24/h1-12H,13H2. The molecule has 134 valence electrons. The van der Waals surface area contributed by atoms with Crippen molar-refractivity contribution in [3.05, 3.63) is 99.5 Å². The molecule has 0 bridgehead atoms. The Kier molecular flexibility index (Phi) is 4.77. The van der Waals surface area contributed by atoms with Crippen molar-refractivity contribution in [1.82, 2.24) is 0 Å². The molecule has 4 rings (SSSR count). The van der Waals surface area contributed by atoms with Crippen LogP contribution in [0.3, 0.4) is 0 Å². The SMILES string of the molecule is O=C1C(=Cc2ccccc2Br)Oc2cc(OCc3ccccc3F)ccc21. The minimum atomic E-state index is -0.316. The van der Waals surface area contributed by atoms with Gasteiger partial charge in [0, 0.05) is 16.1 Å². The lowest BCUT2D eigenvalue weighted by molar-refractivity contribution is 0.101. The van der Waals surface area contributed by atoms with Gasteiger partial charge in [-0.2, -0.15) is 0 Å². The molecular weight excluding hydrogens is 411 g/mol. The lowest BCUT2D eigenvalue weighted by Gasteiger charge is -2.08. The molecule has 5 heteroatoms. The first-order valence-electron chi connectivity index (χ1n) is 8.31. The van der Waals surface area contributed by atoms with Crippen molar-refractivity contribution in [3.63, 3.8) is 0 Å². The number of benzene rings is 3. The van der Waals surface area contributed by atoms with Crippen LogP contribution in [0.5, 0.6) is 11.5 Å². The lowest BCUT2D eigenvalue weighted by atomic mass is 10.1. The van der Waals surface area contributed by atoms with Crippen molar-refractivity contribution >= 4 is 27.8 Å². The molecule has 0 aliphatic carbocycles. The number of Topliss-reactive ketones (excluding diaryl/α,β-unsaturated/α-hetero) is 1. The molecule has 0 unspecified atom stereocenters. The monoisotopic (exact) mass is 424 g/mol. The summed E-state index contributed by atoms with van der Waals surface area (Å²) >= 11 is 3.46. The highest BCUT2D eigenvalue weighted by Crippen LogP contribution is 2.35. The number of allylic oxidation sites excluding steroid dienone is 1. The number of halogens is 2. The molecular formula is C22H14BrFO3. The molecule has 0 amide bonds. The molecule has 1 aliphatic rings. The maximum atomic E-state index is 13.7. The second-order valence-electron chi connectivity index (χ2n) is 6.00. The van der Waals surface area contributed by atoms with Crippen LogP contribution in [0.1, 0.15) is 21.5 Å². The molecule has 0 aromatic heterocycles. The molecule has 0 radical (unpaired) electrons. The van der Waals surface area contributed by atoms with Crippen LogP contribution in [-0.2, 0) is 6.61 Å². The van der Waals surface area contributed by atoms with Crippen LogP contribution in [0.25, 0.3) is 6.08 Å². The van der Waals surface area contributed by atoms with Crippen molar-refractivity contribution in [2.75, 3.05) is 0 Å². The fourth-order valence-corrected chi connectivity index (χ4v) is 3.17. The Balaban J connectivity index is 1.54. The normalized spacial score (nSPS) is 14.1. The highest BCUT2D eigenvalue weighted by Gasteiger charge is 2.28. The quantitative estimate of drug-likeness (QED) is 0.497. The minimum Gasteiger partial charge on any atom is -0.489 e. The van der Waals surface area contributed by atoms with Gasteiger partial charge in [-0.05, 0) is 35.9 Å². The van der Waals surface area contributed by atoms with Crippen molar-refractivity contribution in [2.24, 2.45) is 0 Å². The third-order valence-electron chi connectivity index (χ3n) is 4.19. The van der Waals surface area contributed by atoms with Gasteiger partial charge in [0.15, 0.2) is 5.76 Å². The van der Waals surface area contributed by atoms with Gasteiger partial charge in [0.25, 0.3) is 0 Å². The van der Waals surface area contributed by atoms with E-state index in [1.807, 2.05) is 24.3 Å². The molecule has 1 heterocycles. The van der Waals surface area contributed by atoms with E-state index in [9.17, 15) is 9.18 Å². The Morgan fingerprint density at radius 2 is 1.81 bits per heavy atom. The van der Waals surface area contributed by atoms with Crippen molar-refractivity contribution in [1.29, 1.82) is 0 Å². The zero-order valence-corrected chi connectivity index (χ0v) is 15.7. The third kappa shape index (κ3) is 3.64. The first kappa shape index (κ1) is 17.5. The molecule has 3 aromatic rings. The van der Waals surface area contributed by atoms with E-state index in [0.717, 1.165) is 10.0 Å². The molecule has 0 saturated heterocycles. The summed E-state index contributed by atoms with van der Waals surface area (Å²) in [4.78, 5) is 12.5. The summed E-state index contributed by atoms with van der Waals surface area (Å²) in [5, 5.41) is 0. The molecule has 0 N–H and O–H groups in total. The number of carbonyl (C=O) groups is 1. The van der Waals surface area contributed by atoms with Crippen LogP contribution in [0, 0.1) is 5.82 Å². The van der Waals surface area contributed by atoms with Crippen LogP contribution in [-0.4, -0.2) is 5.78 Å². The van der Waals surface area contributed by atoms with Crippen LogP contribution in [0.2, 0.25) is 0 Å². The first-order chi connectivity index (χ1) is 13.1. The summed E-state index contributed by atoms with van der Waals surface area (Å²) < 4.78 is 25.9. The van der Waals surface area contributed by atoms with Gasteiger partial charge in [0.1, 0.15) is 23.9 Å². The first-order valence-corrected chi connectivity index (χ1v) is 9.10. The van der Waals surface area contributed by atoms with Crippen LogP contribution >= 0.6 is 15.9 Å². The molecule has 1 aliphatic heterocycles. The fraction of sp³-hybridized carbons (Fsp3) is 0.0455. The Morgan fingerprint density at radius 3 is 2.63 bits per heavy atom. The van der Waals surface area contributed by atoms with Gasteiger partial charge >= 0.3 is 0 Å². The zero-order valence-electron chi connectivity index (χ0n) is 14.1. The number of ether oxygens (including phenoxy) is 2. The molecule has 0 spiro atoms. The summed E-state index contributed by atoms with van der Waals surface area (Å²) in [5.74, 6) is 0.699. The second-order valence-corrected chi connectivity index (χ2v) is 6.85. The van der Waals surface area contributed by atoms with Gasteiger partial charge in [-0.3, -0.25) is 4.79 Å². The summed E-state index contributed by atoms with van der Waals surface area (Å²) in [6.07, 6.45) is 1.70. The van der Waals surface area contributed by atoms with Crippen LogP contribution < -0.4 is 9.47 Å². The van der Waals surface area contributed by atoms with Gasteiger partial charge in [-0.25, -0.2) is 4.39 Å². The van der Waals surface area contributed by atoms with Gasteiger partial charge < -0.3 is 9.47 Å². The van der Waals surface area contributed by atoms with Crippen LogP contribution in [0.15, 0.2) is 77.0 Å². The van der Waals surface area contributed by atoms with Crippen molar-refractivity contribution < 1.29 is 18.7 Å². The summed E-state index contributed by atoms with van der Waals surface area (Å²) in [6, 6.07) is 19.0. The minimum absolute atomic E-state index is 0.0963. The van der Waals surface area contributed by atoms with Gasteiger partial charge in [-0.1, -0.05) is 52.3 Å². The van der Waals surface area contributed by atoms with E-state index in [4.69, 9.17) is 9.47 Å². The number of carbonyl (C=O) groups excluding carboxylic acids is 1. The maximum Gasteiger partial charge on any atom is 0.231 e. The number of rotatable bonds is 4. The van der Waals surface area contributed by atoms with E-state index in [2.05, 4.69) is 15.9 Å². The lowest BCUT2D eigenvalue weighted by Crippen LogP contribution is -1.98. The van der Waals surface area contributed by atoms with Gasteiger partial charge in [0.2, 0.25) is 5.78 Å². The summed E-state index contributed by atoms with van der Waals surface area (Å²) in [5.41, 5.74) is 1.79. The molecule has 3 nitrogen and oxygen atoms in total. The number of hydrogen-bond acceptors (Lipinski definition) is 3. The van der Waals surface area contributed by atoms with Crippen molar-refractivity contribution in [2.45, 2.75) is 6.61 Å². The van der Waals surface area contributed by atoms with E-state index in [1.165, 1.54) is 6.07 Å². The Morgan fingerprint density at radius 1 is 1.04 bits per heavy atom. The van der Waals surface area contributed by atoms with Crippen LogP contribution in [0.4, 0.5) is 4.39 Å². The van der Waals surface area contributed by atoms with E-state index in [1.54, 1.807) is 42.5 Å². The molecule has 27 heavy (non-hydrogen) atoms. The van der Waals surface area contributed by atoms with E-state index in [-0.39, 0.29) is 24.0 Å². The predicted octanol–water partition coefficient (Wildman–Crippen LogP) is 5.78. The average molecular weight is 425 g/mol. The Bertz CT molecular complexity index is 1060. The highest BCUT2D eigenvalue weighted by molar-refractivity contribution is 9.10. The molecule has 0 atom stereocenters. The van der Waals surface area contributed by atoms with E-state index < -0.39 is 0 Å². The number of hydrogen-bond donors (Lipinski definition) is 0. The second kappa shape index (κ2) is 7.37. The smallest absolute Gasteiger partial charge is 0.231 e. The van der Waals surface area contributed by atoms with E-state index in [0.29, 0.717) is 22.6 Å². The zero-order chi connectivity index (χ0) is 18.8. The third-order valence-corrected chi connectivity index (χ3v) is 4.91. The average Bonchev–Trinajstić information content (AvgIpc) is 2.98. The predicted molar refractivity (Wildman–Crippen MR) is 104 cm³/mol. The van der Waals surface area contributed by atoms with E-state index >= 15 is 0 Å². The Labute approximate surface area is 164 Å². The van der Waals surface area contributed by atoms with Gasteiger partial charge in [-0.15, -0.1) is 0 Å². The summed E-state index contributed by atoms with van der Waals surface area (Å²) in [7, 11) is 0. The number of ketones is 1. The largest absolute Gasteiger partial charge is 0.489 e. The fourth-order valence-electron chi connectivity index (χ4n) is 2.77. The molecule has 3 aromatic carbocycles. The van der Waals surface area contributed by atoms with Crippen molar-refractivity contribution in [3.8, 4) is 11.5 Å². The number of fused-ring (bicyclic) bond motifs is 1. The molecule has 0 fully saturated rings. The topological polar surface area (TPSA) is 35.5 Å². The van der Waals surface area contributed by atoms with Gasteiger partial charge in [0.05, 0.1) is 5.56 Å². The maximum absolute atomic E-state index is 13.7.